The van der Waals surface area contributed by atoms with Crippen molar-refractivity contribution >= 4 is 0 Å². The molecule has 0 bridgehead atoms. The SMILES string of the molecule is Cc1ccccc1OCC(O)CN(C)Cc1ccc(F)cc1F. The summed E-state index contributed by atoms with van der Waals surface area (Å²) in [5, 5.41) is 10.0. The van der Waals surface area contributed by atoms with Crippen LogP contribution in [-0.4, -0.2) is 36.3 Å². The molecule has 2 aromatic carbocycles. The molecule has 124 valence electrons. The van der Waals surface area contributed by atoms with Crippen molar-refractivity contribution in [3.05, 3.63) is 65.2 Å². The number of nitrogens with zero attached hydrogens (tertiary/aromatic N) is 1. The monoisotopic (exact) mass is 321 g/mol. The minimum absolute atomic E-state index is 0.154. The Morgan fingerprint density at radius 3 is 2.61 bits per heavy atom. The molecule has 0 saturated heterocycles. The molecule has 1 unspecified atom stereocenters. The molecule has 1 atom stereocenters. The molecule has 23 heavy (non-hydrogen) atoms. The standard InChI is InChI=1S/C18H21F2NO2/c1-13-5-3-4-6-18(13)23-12-16(22)11-21(2)10-14-7-8-15(19)9-17(14)20/h3-9,16,22H,10-12H2,1-2H3. The molecule has 0 fully saturated rings. The van der Waals surface area contributed by atoms with E-state index in [2.05, 4.69) is 0 Å². The third-order valence-electron chi connectivity index (χ3n) is 3.50. The van der Waals surface area contributed by atoms with Gasteiger partial charge in [-0.25, -0.2) is 8.78 Å². The number of halogens is 2. The minimum atomic E-state index is -0.705. The van der Waals surface area contributed by atoms with Crippen molar-refractivity contribution in [2.45, 2.75) is 19.6 Å². The molecule has 0 radical (unpaired) electrons. The van der Waals surface area contributed by atoms with Crippen LogP contribution in [0.15, 0.2) is 42.5 Å². The number of aliphatic hydroxyl groups excluding tert-OH is 1. The van der Waals surface area contributed by atoms with Crippen LogP contribution in [0, 0.1) is 18.6 Å². The van der Waals surface area contributed by atoms with E-state index in [0.717, 1.165) is 17.4 Å². The first-order valence-corrected chi connectivity index (χ1v) is 7.44. The van der Waals surface area contributed by atoms with Gasteiger partial charge in [0, 0.05) is 24.7 Å². The molecular formula is C18H21F2NO2. The van der Waals surface area contributed by atoms with E-state index in [1.807, 2.05) is 31.2 Å². The van der Waals surface area contributed by atoms with E-state index in [-0.39, 0.29) is 13.2 Å². The first-order valence-electron chi connectivity index (χ1n) is 7.44. The average Bonchev–Trinajstić information content (AvgIpc) is 2.49. The smallest absolute Gasteiger partial charge is 0.130 e. The van der Waals surface area contributed by atoms with E-state index in [0.29, 0.717) is 12.1 Å². The lowest BCUT2D eigenvalue weighted by Crippen LogP contribution is -2.33. The van der Waals surface area contributed by atoms with Gasteiger partial charge in [-0.15, -0.1) is 0 Å². The van der Waals surface area contributed by atoms with Gasteiger partial charge in [0.1, 0.15) is 30.1 Å². The zero-order valence-electron chi connectivity index (χ0n) is 13.3. The first-order chi connectivity index (χ1) is 11.0. The molecule has 3 nitrogen and oxygen atoms in total. The number of para-hydroxylation sites is 1. The Bertz CT molecular complexity index is 649. The number of hydrogen-bond acceptors (Lipinski definition) is 3. The Balaban J connectivity index is 1.82. The number of likely N-dealkylation sites (N-methyl/N-ethyl adjacent to an activating group) is 1. The van der Waals surface area contributed by atoms with Crippen molar-refractivity contribution in [2.75, 3.05) is 20.2 Å². The van der Waals surface area contributed by atoms with Gasteiger partial charge in [0.25, 0.3) is 0 Å². The van der Waals surface area contributed by atoms with Crippen molar-refractivity contribution in [2.24, 2.45) is 0 Å². The fourth-order valence-corrected chi connectivity index (χ4v) is 2.32. The van der Waals surface area contributed by atoms with Gasteiger partial charge in [0.15, 0.2) is 0 Å². The molecule has 2 rings (SSSR count). The lowest BCUT2D eigenvalue weighted by Gasteiger charge is -2.21. The second-order valence-electron chi connectivity index (χ2n) is 5.66. The maximum absolute atomic E-state index is 13.6. The zero-order chi connectivity index (χ0) is 16.8. The molecule has 0 saturated carbocycles. The van der Waals surface area contributed by atoms with Gasteiger partial charge in [-0.3, -0.25) is 4.90 Å². The Kier molecular flexibility index (Phi) is 6.07. The van der Waals surface area contributed by atoms with Crippen LogP contribution in [0.4, 0.5) is 8.78 Å². The third-order valence-corrected chi connectivity index (χ3v) is 3.50. The maximum Gasteiger partial charge on any atom is 0.130 e. The lowest BCUT2D eigenvalue weighted by atomic mass is 10.2. The fraction of sp³-hybridized carbons (Fsp3) is 0.333. The largest absolute Gasteiger partial charge is 0.491 e. The summed E-state index contributed by atoms with van der Waals surface area (Å²) >= 11 is 0. The molecule has 2 aromatic rings. The summed E-state index contributed by atoms with van der Waals surface area (Å²) in [5.41, 5.74) is 1.39. The normalized spacial score (nSPS) is 12.4. The summed E-state index contributed by atoms with van der Waals surface area (Å²) in [6, 6.07) is 11.1. The molecule has 5 heteroatoms. The van der Waals surface area contributed by atoms with Crippen LogP contribution in [0.2, 0.25) is 0 Å². The Labute approximate surface area is 135 Å². The maximum atomic E-state index is 13.6. The van der Waals surface area contributed by atoms with Crippen LogP contribution in [0.1, 0.15) is 11.1 Å². The van der Waals surface area contributed by atoms with E-state index < -0.39 is 17.7 Å². The Morgan fingerprint density at radius 1 is 1.17 bits per heavy atom. The molecule has 0 aromatic heterocycles. The molecule has 0 aliphatic heterocycles. The first kappa shape index (κ1) is 17.4. The van der Waals surface area contributed by atoms with Crippen LogP contribution in [0.3, 0.4) is 0 Å². The second kappa shape index (κ2) is 8.04. The summed E-state index contributed by atoms with van der Waals surface area (Å²) < 4.78 is 32.1. The fourth-order valence-electron chi connectivity index (χ4n) is 2.32. The molecule has 0 aliphatic rings. The van der Waals surface area contributed by atoms with Crippen molar-refractivity contribution < 1.29 is 18.6 Å². The van der Waals surface area contributed by atoms with E-state index in [9.17, 15) is 13.9 Å². The third kappa shape index (κ3) is 5.30. The summed E-state index contributed by atoms with van der Waals surface area (Å²) in [6.07, 6.45) is -0.705. The lowest BCUT2D eigenvalue weighted by molar-refractivity contribution is 0.0738. The summed E-state index contributed by atoms with van der Waals surface area (Å²) in [4.78, 5) is 1.77. The van der Waals surface area contributed by atoms with Crippen LogP contribution in [0.5, 0.6) is 5.75 Å². The predicted octanol–water partition coefficient (Wildman–Crippen LogP) is 3.14. The number of aliphatic hydroxyl groups is 1. The highest BCUT2D eigenvalue weighted by molar-refractivity contribution is 5.31. The quantitative estimate of drug-likeness (QED) is 0.850. The zero-order valence-corrected chi connectivity index (χ0v) is 13.3. The van der Waals surface area contributed by atoms with Gasteiger partial charge >= 0.3 is 0 Å². The Hall–Kier alpha value is -1.98. The van der Waals surface area contributed by atoms with Gasteiger partial charge in [-0.1, -0.05) is 24.3 Å². The number of hydrogen-bond donors (Lipinski definition) is 1. The molecule has 1 N–H and O–H groups in total. The van der Waals surface area contributed by atoms with E-state index in [1.54, 1.807) is 11.9 Å². The molecular weight excluding hydrogens is 300 g/mol. The number of benzene rings is 2. The Morgan fingerprint density at radius 2 is 1.91 bits per heavy atom. The van der Waals surface area contributed by atoms with Crippen LogP contribution >= 0.6 is 0 Å². The van der Waals surface area contributed by atoms with Crippen molar-refractivity contribution in [3.8, 4) is 5.75 Å². The van der Waals surface area contributed by atoms with Gasteiger partial charge in [-0.05, 0) is 31.7 Å². The number of aryl methyl sites for hydroxylation is 1. The van der Waals surface area contributed by atoms with Crippen molar-refractivity contribution in [3.63, 3.8) is 0 Å². The summed E-state index contributed by atoms with van der Waals surface area (Å²) in [5.74, 6) is -0.443. The second-order valence-corrected chi connectivity index (χ2v) is 5.66. The molecule has 0 heterocycles. The van der Waals surface area contributed by atoms with Crippen LogP contribution < -0.4 is 4.74 Å². The minimum Gasteiger partial charge on any atom is -0.491 e. The predicted molar refractivity (Wildman–Crippen MR) is 85.4 cm³/mol. The molecule has 0 amide bonds. The summed E-state index contributed by atoms with van der Waals surface area (Å²) in [6.45, 7) is 2.70. The number of rotatable bonds is 7. The van der Waals surface area contributed by atoms with E-state index in [1.165, 1.54) is 12.1 Å². The highest BCUT2D eigenvalue weighted by Gasteiger charge is 2.12. The van der Waals surface area contributed by atoms with Crippen LogP contribution in [0.25, 0.3) is 0 Å². The highest BCUT2D eigenvalue weighted by Crippen LogP contribution is 2.16. The molecule has 0 aliphatic carbocycles. The molecule has 0 spiro atoms. The average molecular weight is 321 g/mol. The van der Waals surface area contributed by atoms with Crippen LogP contribution in [-0.2, 0) is 6.54 Å². The highest BCUT2D eigenvalue weighted by atomic mass is 19.1. The van der Waals surface area contributed by atoms with Gasteiger partial charge in [0.2, 0.25) is 0 Å². The van der Waals surface area contributed by atoms with E-state index in [4.69, 9.17) is 4.74 Å². The van der Waals surface area contributed by atoms with E-state index >= 15 is 0 Å². The van der Waals surface area contributed by atoms with Gasteiger partial charge in [0.05, 0.1) is 0 Å². The van der Waals surface area contributed by atoms with Gasteiger partial charge in [-0.2, -0.15) is 0 Å². The summed E-state index contributed by atoms with van der Waals surface area (Å²) in [7, 11) is 1.76. The van der Waals surface area contributed by atoms with Crippen molar-refractivity contribution in [1.29, 1.82) is 0 Å². The van der Waals surface area contributed by atoms with Crippen molar-refractivity contribution in [1.82, 2.24) is 4.90 Å². The van der Waals surface area contributed by atoms with Gasteiger partial charge < -0.3 is 9.84 Å². The number of ether oxygens (including phenoxy) is 1. The topological polar surface area (TPSA) is 32.7 Å².